The van der Waals surface area contributed by atoms with Crippen LogP contribution in [0.1, 0.15) is 219 Å². The summed E-state index contributed by atoms with van der Waals surface area (Å²) in [5.41, 5.74) is 5.04. The first kappa shape index (κ1) is 52.4. The van der Waals surface area contributed by atoms with E-state index >= 15 is 0 Å². The third-order valence-corrected chi connectivity index (χ3v) is 12.1. The highest BCUT2D eigenvalue weighted by Crippen LogP contribution is 2.23. The maximum absolute atomic E-state index is 6.22. The number of benzene rings is 2. The summed E-state index contributed by atoms with van der Waals surface area (Å²) < 4.78 is 12.4. The molecular weight excluding hydrogens is 709 g/mol. The monoisotopic (exact) mass is 805 g/mol. The number of hydrogen-bond donors (Lipinski definition) is 0. The second kappa shape index (κ2) is 39.4. The van der Waals surface area contributed by atoms with Crippen molar-refractivity contribution in [3.8, 4) is 11.1 Å². The van der Waals surface area contributed by atoms with E-state index in [1.165, 1.54) is 228 Å². The second-order valence-electron chi connectivity index (χ2n) is 17.7. The highest BCUT2D eigenvalue weighted by molar-refractivity contribution is 5.64. The molecule has 0 radical (unpaired) electrons. The van der Waals surface area contributed by atoms with Crippen LogP contribution < -0.4 is 0 Å². The smallest absolute Gasteiger partial charge is 0.0717 e. The van der Waals surface area contributed by atoms with Gasteiger partial charge >= 0.3 is 0 Å². The summed E-state index contributed by atoms with van der Waals surface area (Å²) in [6.07, 6.45) is 38.0. The molecular formula is C54H96N2O2. The van der Waals surface area contributed by atoms with Gasteiger partial charge in [0, 0.05) is 13.2 Å². The predicted octanol–water partition coefficient (Wildman–Crippen LogP) is 16.0. The summed E-state index contributed by atoms with van der Waals surface area (Å²) in [5.74, 6) is 0. The molecule has 4 nitrogen and oxygen atoms in total. The van der Waals surface area contributed by atoms with Gasteiger partial charge in [0.15, 0.2) is 0 Å². The molecule has 0 N–H and O–H groups in total. The Morgan fingerprint density at radius 2 is 0.603 bits per heavy atom. The molecule has 0 unspecified atom stereocenters. The lowest BCUT2D eigenvalue weighted by atomic mass is 10.0. The molecule has 58 heavy (non-hydrogen) atoms. The Hall–Kier alpha value is -1.72. The highest BCUT2D eigenvalue weighted by Gasteiger charge is 2.08. The Morgan fingerprint density at radius 1 is 0.328 bits per heavy atom. The van der Waals surface area contributed by atoms with Gasteiger partial charge in [-0.2, -0.15) is 0 Å². The van der Waals surface area contributed by atoms with Crippen molar-refractivity contribution in [1.29, 1.82) is 0 Å². The van der Waals surface area contributed by atoms with E-state index in [0.717, 1.165) is 26.1 Å². The van der Waals surface area contributed by atoms with Crippen molar-refractivity contribution >= 4 is 0 Å². The van der Waals surface area contributed by atoms with Crippen LogP contribution in [0, 0.1) is 0 Å². The molecule has 0 aliphatic heterocycles. The predicted molar refractivity (Wildman–Crippen MR) is 256 cm³/mol. The SMILES string of the molecule is CCCCCCCCN(CCCCCCCC)CCCCOCc1cccc(-c2cccc(COCCCCN(CCCCCCCC)CCCCCCCC)c2)c1. The molecule has 0 atom stereocenters. The fraction of sp³-hybridized carbons (Fsp3) is 0.778. The van der Waals surface area contributed by atoms with Crippen LogP contribution in [0.15, 0.2) is 48.5 Å². The molecule has 2 aromatic carbocycles. The van der Waals surface area contributed by atoms with Crippen molar-refractivity contribution in [2.45, 2.75) is 221 Å². The maximum Gasteiger partial charge on any atom is 0.0717 e. The van der Waals surface area contributed by atoms with Gasteiger partial charge in [-0.3, -0.25) is 0 Å². The zero-order valence-electron chi connectivity index (χ0n) is 39.2. The Bertz CT molecular complexity index is 1030. The Kier molecular flexibility index (Phi) is 35.6. The van der Waals surface area contributed by atoms with Gasteiger partial charge < -0.3 is 19.3 Å². The van der Waals surface area contributed by atoms with Gasteiger partial charge in [0.1, 0.15) is 0 Å². The van der Waals surface area contributed by atoms with Crippen molar-refractivity contribution in [2.75, 3.05) is 52.5 Å². The number of ether oxygens (including phenoxy) is 2. The first-order valence-electron chi connectivity index (χ1n) is 25.5. The van der Waals surface area contributed by atoms with Gasteiger partial charge in [-0.15, -0.1) is 0 Å². The molecule has 334 valence electrons. The molecule has 0 amide bonds. The number of rotatable bonds is 43. The van der Waals surface area contributed by atoms with Crippen LogP contribution in [0.4, 0.5) is 0 Å². The van der Waals surface area contributed by atoms with Crippen LogP contribution in [0.2, 0.25) is 0 Å². The molecule has 0 heterocycles. The third kappa shape index (κ3) is 29.5. The summed E-state index contributed by atoms with van der Waals surface area (Å²) in [6.45, 7) is 19.8. The van der Waals surface area contributed by atoms with Crippen LogP contribution in [0.5, 0.6) is 0 Å². The second-order valence-corrected chi connectivity index (χ2v) is 17.7. The lowest BCUT2D eigenvalue weighted by Crippen LogP contribution is -2.27. The van der Waals surface area contributed by atoms with E-state index in [4.69, 9.17) is 9.47 Å². The van der Waals surface area contributed by atoms with Gasteiger partial charge in [0.25, 0.3) is 0 Å². The average molecular weight is 805 g/mol. The van der Waals surface area contributed by atoms with Crippen molar-refractivity contribution in [3.63, 3.8) is 0 Å². The van der Waals surface area contributed by atoms with Crippen LogP contribution in [-0.4, -0.2) is 62.3 Å². The minimum Gasteiger partial charge on any atom is -0.377 e. The van der Waals surface area contributed by atoms with E-state index < -0.39 is 0 Å². The van der Waals surface area contributed by atoms with Crippen LogP contribution in [0.25, 0.3) is 11.1 Å². The number of hydrogen-bond acceptors (Lipinski definition) is 4. The zero-order chi connectivity index (χ0) is 41.4. The summed E-state index contributed by atoms with van der Waals surface area (Å²) in [4.78, 5) is 5.51. The topological polar surface area (TPSA) is 24.9 Å². The average Bonchev–Trinajstić information content (AvgIpc) is 3.24. The molecule has 4 heteroatoms. The van der Waals surface area contributed by atoms with Gasteiger partial charge in [0.05, 0.1) is 13.2 Å². The molecule has 0 aliphatic carbocycles. The van der Waals surface area contributed by atoms with E-state index in [1.807, 2.05) is 0 Å². The van der Waals surface area contributed by atoms with Gasteiger partial charge in [0.2, 0.25) is 0 Å². The molecule has 2 rings (SSSR count). The number of nitrogens with zero attached hydrogens (tertiary/aromatic N) is 2. The Balaban J connectivity index is 1.70. The molecule has 0 bridgehead atoms. The minimum absolute atomic E-state index is 0.686. The van der Waals surface area contributed by atoms with Crippen LogP contribution in [-0.2, 0) is 22.7 Å². The minimum atomic E-state index is 0.686. The first-order chi connectivity index (χ1) is 28.7. The molecule has 0 spiro atoms. The maximum atomic E-state index is 6.22. The zero-order valence-corrected chi connectivity index (χ0v) is 39.2. The summed E-state index contributed by atoms with van der Waals surface area (Å²) in [6, 6.07) is 17.9. The molecule has 0 fully saturated rings. The molecule has 0 aliphatic rings. The number of unbranched alkanes of at least 4 members (excludes halogenated alkanes) is 22. The summed E-state index contributed by atoms with van der Waals surface area (Å²) >= 11 is 0. The van der Waals surface area contributed by atoms with E-state index in [-0.39, 0.29) is 0 Å². The van der Waals surface area contributed by atoms with E-state index in [9.17, 15) is 0 Å². The van der Waals surface area contributed by atoms with E-state index in [1.54, 1.807) is 0 Å². The fourth-order valence-electron chi connectivity index (χ4n) is 8.27. The standard InChI is InChI=1S/C54H96N2O2/c1-5-9-13-17-21-25-39-55(40-26-22-18-14-10-6-2)43-29-31-45-57-49-51-35-33-37-53(47-51)54-38-34-36-52(48-54)50-58-46-32-30-44-56(41-27-23-19-15-11-7-3)42-28-24-20-16-12-8-4/h33-38,47-48H,5-32,39-46,49-50H2,1-4H3. The lowest BCUT2D eigenvalue weighted by Gasteiger charge is -2.22. The van der Waals surface area contributed by atoms with Crippen LogP contribution in [0.3, 0.4) is 0 Å². The van der Waals surface area contributed by atoms with E-state index in [0.29, 0.717) is 13.2 Å². The summed E-state index contributed by atoms with van der Waals surface area (Å²) in [5, 5.41) is 0. The van der Waals surface area contributed by atoms with Gasteiger partial charge in [-0.25, -0.2) is 0 Å². The van der Waals surface area contributed by atoms with Crippen LogP contribution >= 0.6 is 0 Å². The quantitative estimate of drug-likeness (QED) is 0.0624. The largest absolute Gasteiger partial charge is 0.377 e. The van der Waals surface area contributed by atoms with Crippen molar-refractivity contribution in [1.82, 2.24) is 9.80 Å². The molecule has 0 aromatic heterocycles. The molecule has 0 saturated carbocycles. The third-order valence-electron chi connectivity index (χ3n) is 12.1. The molecule has 0 saturated heterocycles. The van der Waals surface area contributed by atoms with Gasteiger partial charge in [-0.1, -0.05) is 193 Å². The normalized spacial score (nSPS) is 11.8. The van der Waals surface area contributed by atoms with E-state index in [2.05, 4.69) is 86.0 Å². The van der Waals surface area contributed by atoms with Crippen molar-refractivity contribution in [3.05, 3.63) is 59.7 Å². The Morgan fingerprint density at radius 3 is 0.914 bits per heavy atom. The fourth-order valence-corrected chi connectivity index (χ4v) is 8.27. The highest BCUT2D eigenvalue weighted by atomic mass is 16.5. The molecule has 2 aromatic rings. The van der Waals surface area contributed by atoms with Crippen molar-refractivity contribution in [2.24, 2.45) is 0 Å². The first-order valence-corrected chi connectivity index (χ1v) is 25.5. The van der Waals surface area contributed by atoms with Gasteiger partial charge in [-0.05, 0) is 125 Å². The Labute approximate surface area is 362 Å². The lowest BCUT2D eigenvalue weighted by molar-refractivity contribution is 0.113. The summed E-state index contributed by atoms with van der Waals surface area (Å²) in [7, 11) is 0. The van der Waals surface area contributed by atoms with Crippen molar-refractivity contribution < 1.29 is 9.47 Å².